The van der Waals surface area contributed by atoms with E-state index in [0.717, 1.165) is 22.8 Å². The SMILES string of the molecule is CCc1cn(-c2ccc(Cl)cc2)nn1. The normalized spacial score (nSPS) is 10.4. The van der Waals surface area contributed by atoms with E-state index in [2.05, 4.69) is 17.2 Å². The smallest absolute Gasteiger partial charge is 0.0829 e. The van der Waals surface area contributed by atoms with Gasteiger partial charge in [0.1, 0.15) is 0 Å². The quantitative estimate of drug-likeness (QED) is 0.758. The Morgan fingerprint density at radius 1 is 1.29 bits per heavy atom. The molecule has 0 aliphatic rings. The molecule has 72 valence electrons. The van der Waals surface area contributed by atoms with Crippen molar-refractivity contribution in [2.75, 3.05) is 0 Å². The second-order valence-electron chi connectivity index (χ2n) is 2.98. The molecule has 1 aromatic heterocycles. The molecule has 0 N–H and O–H groups in total. The van der Waals surface area contributed by atoms with Crippen LogP contribution in [-0.4, -0.2) is 15.0 Å². The first-order valence-electron chi connectivity index (χ1n) is 4.47. The van der Waals surface area contributed by atoms with Crippen molar-refractivity contribution in [1.82, 2.24) is 15.0 Å². The van der Waals surface area contributed by atoms with E-state index in [1.165, 1.54) is 0 Å². The van der Waals surface area contributed by atoms with Gasteiger partial charge in [0.25, 0.3) is 0 Å². The molecule has 14 heavy (non-hydrogen) atoms. The molecule has 0 aliphatic carbocycles. The van der Waals surface area contributed by atoms with Gasteiger partial charge in [0.2, 0.25) is 0 Å². The van der Waals surface area contributed by atoms with Gasteiger partial charge in [-0.1, -0.05) is 23.7 Å². The van der Waals surface area contributed by atoms with E-state index in [-0.39, 0.29) is 0 Å². The summed E-state index contributed by atoms with van der Waals surface area (Å²) in [6.45, 7) is 2.05. The first-order valence-corrected chi connectivity index (χ1v) is 4.84. The van der Waals surface area contributed by atoms with E-state index in [1.807, 2.05) is 30.5 Å². The summed E-state index contributed by atoms with van der Waals surface area (Å²) in [5.74, 6) is 0. The summed E-state index contributed by atoms with van der Waals surface area (Å²) in [6, 6.07) is 7.50. The largest absolute Gasteiger partial charge is 0.220 e. The van der Waals surface area contributed by atoms with Crippen LogP contribution in [0.25, 0.3) is 5.69 Å². The molecule has 0 fully saturated rings. The summed E-state index contributed by atoms with van der Waals surface area (Å²) in [4.78, 5) is 0. The number of rotatable bonds is 2. The highest BCUT2D eigenvalue weighted by Gasteiger charge is 2.00. The molecule has 4 heteroatoms. The summed E-state index contributed by atoms with van der Waals surface area (Å²) in [5.41, 5.74) is 1.96. The monoisotopic (exact) mass is 207 g/mol. The second-order valence-corrected chi connectivity index (χ2v) is 3.42. The van der Waals surface area contributed by atoms with E-state index >= 15 is 0 Å². The molecule has 0 amide bonds. The molecule has 0 saturated heterocycles. The van der Waals surface area contributed by atoms with Gasteiger partial charge in [-0.15, -0.1) is 5.10 Å². The van der Waals surface area contributed by atoms with Crippen LogP contribution in [0.4, 0.5) is 0 Å². The predicted molar refractivity (Wildman–Crippen MR) is 55.7 cm³/mol. The minimum Gasteiger partial charge on any atom is -0.220 e. The Balaban J connectivity index is 2.34. The molecule has 1 aromatic carbocycles. The zero-order chi connectivity index (χ0) is 9.97. The lowest BCUT2D eigenvalue weighted by Gasteiger charge is -1.98. The van der Waals surface area contributed by atoms with Gasteiger partial charge in [-0.3, -0.25) is 0 Å². The highest BCUT2D eigenvalue weighted by molar-refractivity contribution is 6.30. The fourth-order valence-electron chi connectivity index (χ4n) is 1.18. The average molecular weight is 208 g/mol. The number of aromatic nitrogens is 3. The molecule has 0 atom stereocenters. The van der Waals surface area contributed by atoms with Crippen LogP contribution < -0.4 is 0 Å². The fourth-order valence-corrected chi connectivity index (χ4v) is 1.31. The minimum atomic E-state index is 0.726. The summed E-state index contributed by atoms with van der Waals surface area (Å²) in [5, 5.41) is 8.75. The van der Waals surface area contributed by atoms with Crippen LogP contribution in [0.1, 0.15) is 12.6 Å². The first-order chi connectivity index (χ1) is 6.79. The fraction of sp³-hybridized carbons (Fsp3) is 0.200. The second kappa shape index (κ2) is 3.80. The molecule has 3 nitrogen and oxygen atoms in total. The number of nitrogens with zero attached hydrogens (tertiary/aromatic N) is 3. The minimum absolute atomic E-state index is 0.726. The van der Waals surface area contributed by atoms with E-state index < -0.39 is 0 Å². The van der Waals surface area contributed by atoms with Crippen molar-refractivity contribution in [3.8, 4) is 5.69 Å². The molecule has 2 rings (SSSR count). The maximum Gasteiger partial charge on any atom is 0.0829 e. The summed E-state index contributed by atoms with van der Waals surface area (Å²) in [7, 11) is 0. The van der Waals surface area contributed by atoms with Crippen molar-refractivity contribution in [2.45, 2.75) is 13.3 Å². The number of halogens is 1. The van der Waals surface area contributed by atoms with Crippen molar-refractivity contribution >= 4 is 11.6 Å². The van der Waals surface area contributed by atoms with Crippen LogP contribution in [0.2, 0.25) is 5.02 Å². The third-order valence-corrected chi connectivity index (χ3v) is 2.25. The van der Waals surface area contributed by atoms with E-state index in [9.17, 15) is 0 Å². The van der Waals surface area contributed by atoms with Gasteiger partial charge in [-0.25, -0.2) is 4.68 Å². The maximum absolute atomic E-state index is 5.79. The van der Waals surface area contributed by atoms with Gasteiger partial charge in [-0.2, -0.15) is 0 Å². The molecular weight excluding hydrogens is 198 g/mol. The Kier molecular flexibility index (Phi) is 2.50. The number of hydrogen-bond acceptors (Lipinski definition) is 2. The summed E-state index contributed by atoms with van der Waals surface area (Å²) in [6.07, 6.45) is 2.82. The Morgan fingerprint density at radius 2 is 2.00 bits per heavy atom. The summed E-state index contributed by atoms with van der Waals surface area (Å²) < 4.78 is 1.75. The van der Waals surface area contributed by atoms with Crippen molar-refractivity contribution in [3.63, 3.8) is 0 Å². The van der Waals surface area contributed by atoms with Crippen LogP contribution in [0.3, 0.4) is 0 Å². The molecule has 1 heterocycles. The van der Waals surface area contributed by atoms with Gasteiger partial charge in [0, 0.05) is 5.02 Å². The van der Waals surface area contributed by atoms with Crippen LogP contribution in [0.15, 0.2) is 30.5 Å². The third-order valence-electron chi connectivity index (χ3n) is 1.99. The number of hydrogen-bond donors (Lipinski definition) is 0. The predicted octanol–water partition coefficient (Wildman–Crippen LogP) is 2.48. The number of aryl methyl sites for hydroxylation is 1. The van der Waals surface area contributed by atoms with E-state index in [4.69, 9.17) is 11.6 Å². The van der Waals surface area contributed by atoms with Gasteiger partial charge in [0.15, 0.2) is 0 Å². The van der Waals surface area contributed by atoms with Gasteiger partial charge >= 0.3 is 0 Å². The van der Waals surface area contributed by atoms with Crippen LogP contribution >= 0.6 is 11.6 Å². The van der Waals surface area contributed by atoms with Crippen molar-refractivity contribution in [2.24, 2.45) is 0 Å². The van der Waals surface area contributed by atoms with E-state index in [0.29, 0.717) is 0 Å². The van der Waals surface area contributed by atoms with Gasteiger partial charge in [0.05, 0.1) is 17.6 Å². The molecule has 0 unspecified atom stereocenters. The molecule has 0 saturated carbocycles. The third kappa shape index (κ3) is 1.77. The lowest BCUT2D eigenvalue weighted by atomic mass is 10.3. The molecule has 0 spiro atoms. The molecule has 0 aliphatic heterocycles. The highest BCUT2D eigenvalue weighted by Crippen LogP contribution is 2.12. The lowest BCUT2D eigenvalue weighted by molar-refractivity contribution is 0.798. The van der Waals surface area contributed by atoms with Crippen LogP contribution in [0.5, 0.6) is 0 Å². The molecular formula is C10H10ClN3. The average Bonchev–Trinajstić information content (AvgIpc) is 2.67. The zero-order valence-electron chi connectivity index (χ0n) is 7.81. The van der Waals surface area contributed by atoms with E-state index in [1.54, 1.807) is 4.68 Å². The van der Waals surface area contributed by atoms with Crippen LogP contribution in [-0.2, 0) is 6.42 Å². The van der Waals surface area contributed by atoms with Crippen molar-refractivity contribution in [3.05, 3.63) is 41.2 Å². The van der Waals surface area contributed by atoms with Crippen molar-refractivity contribution < 1.29 is 0 Å². The number of benzene rings is 1. The zero-order valence-corrected chi connectivity index (χ0v) is 8.57. The molecule has 0 radical (unpaired) electrons. The topological polar surface area (TPSA) is 30.7 Å². The first kappa shape index (κ1) is 9.21. The Labute approximate surface area is 87.3 Å². The summed E-state index contributed by atoms with van der Waals surface area (Å²) >= 11 is 5.79. The molecule has 2 aromatic rings. The van der Waals surface area contributed by atoms with Gasteiger partial charge in [-0.05, 0) is 30.7 Å². The lowest BCUT2D eigenvalue weighted by Crippen LogP contribution is -1.93. The maximum atomic E-state index is 5.79. The van der Waals surface area contributed by atoms with Crippen molar-refractivity contribution in [1.29, 1.82) is 0 Å². The van der Waals surface area contributed by atoms with Crippen LogP contribution in [0, 0.1) is 0 Å². The Bertz CT molecular complexity index is 419. The standard InChI is InChI=1S/C10H10ClN3/c1-2-9-7-14(13-12-9)10-5-3-8(11)4-6-10/h3-7H,2H2,1H3. The molecule has 0 bridgehead atoms. The Morgan fingerprint density at radius 3 is 2.57 bits per heavy atom. The van der Waals surface area contributed by atoms with Gasteiger partial charge < -0.3 is 0 Å². The highest BCUT2D eigenvalue weighted by atomic mass is 35.5. The Hall–Kier alpha value is -1.35.